The Kier molecular flexibility index (Phi) is 12.2. The van der Waals surface area contributed by atoms with Gasteiger partial charge in [0.2, 0.25) is 17.7 Å². The number of aliphatic carboxylic acids is 2. The second-order valence-corrected chi connectivity index (χ2v) is 9.64. The van der Waals surface area contributed by atoms with Gasteiger partial charge < -0.3 is 42.0 Å². The summed E-state index contributed by atoms with van der Waals surface area (Å²) in [6.07, 6.45) is 3.81. The number of carbonyl (C=O) groups excluding carboxylic acids is 3. The fraction of sp³-hybridized carbons (Fsp3) is 0.417. The summed E-state index contributed by atoms with van der Waals surface area (Å²) in [6.45, 7) is 0. The lowest BCUT2D eigenvalue weighted by atomic mass is 10.0. The predicted molar refractivity (Wildman–Crippen MR) is 141 cm³/mol. The van der Waals surface area contributed by atoms with E-state index in [2.05, 4.69) is 25.9 Å². The number of hydrogen-bond acceptors (Lipinski definition) is 9. The number of H-pyrrole nitrogens is 1. The van der Waals surface area contributed by atoms with E-state index in [0.29, 0.717) is 17.0 Å². The SMILES string of the molecule is CSCCC(NC(=O)C(N)Cc1ccc(O)cc1)C(=O)NC(CC(=O)O)C(=O)NC(Cc1cnc[nH]1)C(=O)O. The molecule has 0 aliphatic rings. The van der Waals surface area contributed by atoms with Crippen LogP contribution in [0, 0.1) is 0 Å². The highest BCUT2D eigenvalue weighted by Crippen LogP contribution is 2.11. The average Bonchev–Trinajstić information content (AvgIpc) is 3.39. The molecule has 9 N–H and O–H groups in total. The van der Waals surface area contributed by atoms with Gasteiger partial charge in [-0.05, 0) is 42.5 Å². The van der Waals surface area contributed by atoms with Crippen LogP contribution in [0.3, 0.4) is 0 Å². The average molecular weight is 565 g/mol. The first kappa shape index (κ1) is 31.1. The zero-order valence-corrected chi connectivity index (χ0v) is 21.9. The molecule has 212 valence electrons. The molecule has 1 aromatic carbocycles. The van der Waals surface area contributed by atoms with Crippen LogP contribution in [0.15, 0.2) is 36.8 Å². The molecule has 39 heavy (non-hydrogen) atoms. The summed E-state index contributed by atoms with van der Waals surface area (Å²) >= 11 is 1.40. The number of amides is 3. The lowest BCUT2D eigenvalue weighted by Crippen LogP contribution is -2.58. The molecular weight excluding hydrogens is 532 g/mol. The second-order valence-electron chi connectivity index (χ2n) is 8.66. The zero-order valence-electron chi connectivity index (χ0n) is 21.1. The highest BCUT2D eigenvalue weighted by Gasteiger charge is 2.31. The van der Waals surface area contributed by atoms with Gasteiger partial charge in [0, 0.05) is 18.3 Å². The molecule has 0 aliphatic heterocycles. The van der Waals surface area contributed by atoms with E-state index in [9.17, 15) is 39.3 Å². The number of rotatable bonds is 16. The smallest absolute Gasteiger partial charge is 0.326 e. The third kappa shape index (κ3) is 10.6. The Balaban J connectivity index is 2.10. The van der Waals surface area contributed by atoms with Crippen LogP contribution in [-0.2, 0) is 36.8 Å². The number of carboxylic acid groups (broad SMARTS) is 2. The Bertz CT molecular complexity index is 1130. The molecule has 0 saturated heterocycles. The highest BCUT2D eigenvalue weighted by atomic mass is 32.2. The van der Waals surface area contributed by atoms with E-state index < -0.39 is 60.2 Å². The van der Waals surface area contributed by atoms with Crippen molar-refractivity contribution in [1.29, 1.82) is 0 Å². The molecule has 2 aromatic rings. The highest BCUT2D eigenvalue weighted by molar-refractivity contribution is 7.98. The van der Waals surface area contributed by atoms with Crippen LogP contribution >= 0.6 is 11.8 Å². The van der Waals surface area contributed by atoms with Crippen LogP contribution < -0.4 is 21.7 Å². The van der Waals surface area contributed by atoms with Crippen molar-refractivity contribution in [2.75, 3.05) is 12.0 Å². The fourth-order valence-corrected chi connectivity index (χ4v) is 3.98. The number of aromatic hydroxyl groups is 1. The van der Waals surface area contributed by atoms with Crippen molar-refractivity contribution in [3.8, 4) is 5.75 Å². The quantitative estimate of drug-likeness (QED) is 0.123. The molecule has 0 spiro atoms. The van der Waals surface area contributed by atoms with E-state index in [1.54, 1.807) is 18.4 Å². The van der Waals surface area contributed by atoms with Crippen LogP contribution in [0.2, 0.25) is 0 Å². The van der Waals surface area contributed by atoms with Crippen LogP contribution in [0.4, 0.5) is 0 Å². The van der Waals surface area contributed by atoms with Gasteiger partial charge >= 0.3 is 11.9 Å². The molecule has 2 rings (SSSR count). The van der Waals surface area contributed by atoms with Crippen molar-refractivity contribution in [1.82, 2.24) is 25.9 Å². The molecule has 0 bridgehead atoms. The summed E-state index contributed by atoms with van der Waals surface area (Å²) in [5.74, 6) is -4.75. The number of imidazole rings is 1. The lowest BCUT2D eigenvalue weighted by molar-refractivity contribution is -0.143. The molecular formula is C24H32N6O8S. The van der Waals surface area contributed by atoms with Crippen molar-refractivity contribution in [3.05, 3.63) is 48.0 Å². The normalized spacial score (nSPS) is 13.9. The molecule has 15 heteroatoms. The third-order valence-electron chi connectivity index (χ3n) is 5.58. The molecule has 3 amide bonds. The number of nitrogens with two attached hydrogens (primary N) is 1. The van der Waals surface area contributed by atoms with Crippen molar-refractivity contribution in [3.63, 3.8) is 0 Å². The van der Waals surface area contributed by atoms with E-state index >= 15 is 0 Å². The van der Waals surface area contributed by atoms with Gasteiger partial charge in [-0.15, -0.1) is 0 Å². The van der Waals surface area contributed by atoms with E-state index in [1.165, 1.54) is 36.4 Å². The summed E-state index contributed by atoms with van der Waals surface area (Å²) in [5, 5.41) is 35.3. The lowest BCUT2D eigenvalue weighted by Gasteiger charge is -2.24. The van der Waals surface area contributed by atoms with Crippen LogP contribution in [0.5, 0.6) is 5.75 Å². The molecule has 0 radical (unpaired) electrons. The zero-order chi connectivity index (χ0) is 28.9. The minimum atomic E-state index is -1.61. The number of thioether (sulfide) groups is 1. The number of aromatic nitrogens is 2. The second kappa shape index (κ2) is 15.3. The van der Waals surface area contributed by atoms with E-state index in [4.69, 9.17) is 5.73 Å². The van der Waals surface area contributed by atoms with Crippen molar-refractivity contribution >= 4 is 41.4 Å². The van der Waals surface area contributed by atoms with Gasteiger partial charge in [0.1, 0.15) is 23.9 Å². The van der Waals surface area contributed by atoms with Gasteiger partial charge in [0.25, 0.3) is 0 Å². The van der Waals surface area contributed by atoms with Gasteiger partial charge in [-0.3, -0.25) is 19.2 Å². The topological polar surface area (TPSA) is 237 Å². The third-order valence-corrected chi connectivity index (χ3v) is 6.22. The number of phenolic OH excluding ortho intramolecular Hbond substituents is 1. The first-order valence-corrected chi connectivity index (χ1v) is 13.2. The molecule has 0 aliphatic carbocycles. The van der Waals surface area contributed by atoms with Gasteiger partial charge in [-0.2, -0.15) is 11.8 Å². The van der Waals surface area contributed by atoms with E-state index in [0.717, 1.165) is 0 Å². The number of carboxylic acids is 2. The van der Waals surface area contributed by atoms with Gasteiger partial charge in [0.15, 0.2) is 0 Å². The Labute approximate surface area is 228 Å². The monoisotopic (exact) mass is 564 g/mol. The number of carbonyl (C=O) groups is 5. The fourth-order valence-electron chi connectivity index (χ4n) is 3.51. The van der Waals surface area contributed by atoms with Crippen LogP contribution in [0.1, 0.15) is 24.1 Å². The van der Waals surface area contributed by atoms with Gasteiger partial charge in [-0.25, -0.2) is 9.78 Å². The number of phenols is 1. The number of benzene rings is 1. The molecule has 0 saturated carbocycles. The first-order valence-electron chi connectivity index (χ1n) is 11.9. The number of aromatic amines is 1. The molecule has 1 heterocycles. The summed E-state index contributed by atoms with van der Waals surface area (Å²) in [7, 11) is 0. The van der Waals surface area contributed by atoms with Crippen molar-refractivity contribution < 1.29 is 39.3 Å². The van der Waals surface area contributed by atoms with Gasteiger partial charge in [0.05, 0.1) is 18.8 Å². The Morgan fingerprint density at radius 2 is 1.56 bits per heavy atom. The summed E-state index contributed by atoms with van der Waals surface area (Å²) in [4.78, 5) is 68.2. The Morgan fingerprint density at radius 1 is 0.949 bits per heavy atom. The maximum absolute atomic E-state index is 13.1. The molecule has 0 fully saturated rings. The molecule has 4 unspecified atom stereocenters. The Morgan fingerprint density at radius 3 is 2.13 bits per heavy atom. The minimum Gasteiger partial charge on any atom is -0.508 e. The maximum atomic E-state index is 13.1. The van der Waals surface area contributed by atoms with E-state index in [-0.39, 0.29) is 25.0 Å². The number of nitrogens with zero attached hydrogens (tertiary/aromatic N) is 1. The standard InChI is InChI=1S/C24H32N6O8S/c1-39-7-6-17(28-21(34)16(25)8-13-2-4-15(31)5-3-13)22(35)29-18(10-20(32)33)23(36)30-19(24(37)38)9-14-11-26-12-27-14/h2-5,11-12,16-19,31H,6-10,25H2,1H3,(H,26,27)(H,28,34)(H,29,35)(H,30,36)(H,32,33)(H,37,38). The first-order chi connectivity index (χ1) is 18.5. The number of nitrogens with one attached hydrogen (secondary N) is 4. The summed E-state index contributed by atoms with van der Waals surface area (Å²) in [6, 6.07) is 0.905. The van der Waals surface area contributed by atoms with E-state index in [1.807, 2.05) is 0 Å². The Hall–Kier alpha value is -4.11. The molecule has 14 nitrogen and oxygen atoms in total. The maximum Gasteiger partial charge on any atom is 0.326 e. The summed E-state index contributed by atoms with van der Waals surface area (Å²) in [5.41, 5.74) is 7.11. The molecule has 4 atom stereocenters. The van der Waals surface area contributed by atoms with Crippen molar-refractivity contribution in [2.45, 2.75) is 49.9 Å². The van der Waals surface area contributed by atoms with Crippen LogP contribution in [0.25, 0.3) is 0 Å². The predicted octanol–water partition coefficient (Wildman–Crippen LogP) is -1.01. The van der Waals surface area contributed by atoms with Gasteiger partial charge in [-0.1, -0.05) is 12.1 Å². The minimum absolute atomic E-state index is 0.0570. The van der Waals surface area contributed by atoms with Crippen molar-refractivity contribution in [2.24, 2.45) is 5.73 Å². The molecule has 1 aromatic heterocycles. The largest absolute Gasteiger partial charge is 0.508 e. The summed E-state index contributed by atoms with van der Waals surface area (Å²) < 4.78 is 0. The van der Waals surface area contributed by atoms with Crippen LogP contribution in [-0.4, -0.2) is 91.1 Å². The number of hydrogen-bond donors (Lipinski definition) is 8.